The molecule has 8 heteroatoms. The average Bonchev–Trinajstić information content (AvgIpc) is 3.61. The Kier molecular flexibility index (Phi) is 7.35. The van der Waals surface area contributed by atoms with Crippen molar-refractivity contribution in [2.45, 2.75) is 25.2 Å². The van der Waals surface area contributed by atoms with Crippen LogP contribution in [0.3, 0.4) is 0 Å². The van der Waals surface area contributed by atoms with Gasteiger partial charge in [0.25, 0.3) is 0 Å². The number of halogens is 1. The number of anilines is 1. The Morgan fingerprint density at radius 2 is 1.77 bits per heavy atom. The Balaban J connectivity index is 1.02. The second kappa shape index (κ2) is 11.2. The third-order valence-corrected chi connectivity index (χ3v) is 8.28. The number of amides is 2. The Hall–Kier alpha value is -3.68. The van der Waals surface area contributed by atoms with Crippen LogP contribution in [0.5, 0.6) is 0 Å². The lowest BCUT2D eigenvalue weighted by atomic mass is 9.89. The summed E-state index contributed by atoms with van der Waals surface area (Å²) in [4.78, 5) is 30.2. The fourth-order valence-corrected chi connectivity index (χ4v) is 6.06. The predicted molar refractivity (Wildman–Crippen MR) is 155 cm³/mol. The summed E-state index contributed by atoms with van der Waals surface area (Å²) >= 11 is 6.16. The van der Waals surface area contributed by atoms with Crippen molar-refractivity contribution < 1.29 is 9.59 Å². The summed E-state index contributed by atoms with van der Waals surface area (Å²) in [6, 6.07) is 23.9. The zero-order valence-corrected chi connectivity index (χ0v) is 22.5. The van der Waals surface area contributed by atoms with Crippen LogP contribution in [-0.4, -0.2) is 64.5 Å². The maximum absolute atomic E-state index is 13.1. The molecule has 1 aromatic heterocycles. The van der Waals surface area contributed by atoms with Crippen molar-refractivity contribution in [1.82, 2.24) is 20.0 Å². The number of rotatable bonds is 6. The van der Waals surface area contributed by atoms with Gasteiger partial charge in [0.2, 0.25) is 11.8 Å². The second-order valence-corrected chi connectivity index (χ2v) is 11.1. The predicted octanol–water partition coefficient (Wildman–Crippen LogP) is 5.55. The molecule has 4 aromatic rings. The first-order chi connectivity index (χ1) is 19.0. The Morgan fingerprint density at radius 3 is 2.56 bits per heavy atom. The molecule has 0 bridgehead atoms. The van der Waals surface area contributed by atoms with E-state index in [0.717, 1.165) is 71.8 Å². The number of H-pyrrole nitrogens is 1. The number of carbonyl (C=O) groups is 2. The Morgan fingerprint density at radius 1 is 0.949 bits per heavy atom. The highest BCUT2D eigenvalue weighted by Crippen LogP contribution is 2.31. The van der Waals surface area contributed by atoms with E-state index in [1.54, 1.807) is 0 Å². The van der Waals surface area contributed by atoms with Gasteiger partial charge in [-0.15, -0.1) is 0 Å². The molecule has 0 saturated carbocycles. The molecule has 6 rings (SSSR count). The van der Waals surface area contributed by atoms with E-state index < -0.39 is 0 Å². The van der Waals surface area contributed by atoms with Gasteiger partial charge in [0.15, 0.2) is 0 Å². The van der Waals surface area contributed by atoms with Crippen LogP contribution in [0.2, 0.25) is 5.02 Å². The van der Waals surface area contributed by atoms with Crippen LogP contribution in [-0.2, 0) is 9.59 Å². The minimum atomic E-state index is -0.139. The minimum Gasteiger partial charge on any atom is -0.342 e. The Bertz CT molecular complexity index is 1480. The monoisotopic (exact) mass is 541 g/mol. The van der Waals surface area contributed by atoms with Crippen molar-refractivity contribution >= 4 is 40.0 Å². The highest BCUT2D eigenvalue weighted by molar-refractivity contribution is 6.30. The molecule has 3 heterocycles. The van der Waals surface area contributed by atoms with Crippen LogP contribution < -0.4 is 5.32 Å². The molecule has 3 aromatic carbocycles. The van der Waals surface area contributed by atoms with Gasteiger partial charge in [0, 0.05) is 41.3 Å². The lowest BCUT2D eigenvalue weighted by molar-refractivity contribution is -0.133. The molecule has 2 N–H and O–H groups in total. The number of likely N-dealkylation sites (tertiary alicyclic amines) is 2. The number of hydrogen-bond acceptors (Lipinski definition) is 4. The molecule has 2 amide bonds. The van der Waals surface area contributed by atoms with Crippen LogP contribution in [0.4, 0.5) is 5.69 Å². The number of nitrogens with zero attached hydrogens (tertiary/aromatic N) is 3. The lowest BCUT2D eigenvalue weighted by Crippen LogP contribution is -2.43. The lowest BCUT2D eigenvalue weighted by Gasteiger charge is -2.33. The molecule has 200 valence electrons. The van der Waals surface area contributed by atoms with Crippen LogP contribution in [0.25, 0.3) is 22.2 Å². The fourth-order valence-electron chi connectivity index (χ4n) is 5.86. The maximum atomic E-state index is 13.1. The van der Waals surface area contributed by atoms with Crippen molar-refractivity contribution in [1.29, 1.82) is 0 Å². The number of aromatic amines is 1. The number of nitrogens with one attached hydrogen (secondary N) is 2. The zero-order valence-electron chi connectivity index (χ0n) is 21.8. The van der Waals surface area contributed by atoms with Crippen molar-refractivity contribution in [3.8, 4) is 11.3 Å². The molecular formula is C31H32ClN5O2. The molecule has 0 radical (unpaired) electrons. The quantitative estimate of drug-likeness (QED) is 0.335. The number of hydrogen-bond donors (Lipinski definition) is 2. The molecule has 0 unspecified atom stereocenters. The summed E-state index contributed by atoms with van der Waals surface area (Å²) in [6.07, 6.45) is 2.65. The van der Waals surface area contributed by atoms with Gasteiger partial charge in [-0.05, 0) is 67.6 Å². The fraction of sp³-hybridized carbons (Fsp3) is 0.323. The molecule has 2 fully saturated rings. The first-order valence-corrected chi connectivity index (χ1v) is 14.0. The van der Waals surface area contributed by atoms with Gasteiger partial charge >= 0.3 is 0 Å². The smallest absolute Gasteiger partial charge is 0.236 e. The molecular weight excluding hydrogens is 510 g/mol. The largest absolute Gasteiger partial charge is 0.342 e. The van der Waals surface area contributed by atoms with Crippen molar-refractivity contribution in [3.05, 3.63) is 83.4 Å². The van der Waals surface area contributed by atoms with Gasteiger partial charge in [-0.3, -0.25) is 19.6 Å². The summed E-state index contributed by atoms with van der Waals surface area (Å²) in [5.41, 5.74) is 4.82. The Labute approximate surface area is 233 Å². The van der Waals surface area contributed by atoms with Crippen molar-refractivity contribution in [2.24, 2.45) is 5.92 Å². The number of piperidine rings is 1. The number of carbonyl (C=O) groups excluding carboxylic acids is 2. The van der Waals surface area contributed by atoms with Gasteiger partial charge in [-0.25, -0.2) is 0 Å². The molecule has 2 aliphatic heterocycles. The number of aromatic nitrogens is 2. The van der Waals surface area contributed by atoms with Gasteiger partial charge in [0.1, 0.15) is 0 Å². The summed E-state index contributed by atoms with van der Waals surface area (Å²) < 4.78 is 0. The highest BCUT2D eigenvalue weighted by atomic mass is 35.5. The molecule has 2 aliphatic rings. The molecule has 1 atom stereocenters. The molecule has 2 saturated heterocycles. The van der Waals surface area contributed by atoms with E-state index in [4.69, 9.17) is 11.6 Å². The number of fused-ring (bicyclic) bond motifs is 1. The zero-order chi connectivity index (χ0) is 26.8. The van der Waals surface area contributed by atoms with Crippen LogP contribution in [0, 0.1) is 5.92 Å². The summed E-state index contributed by atoms with van der Waals surface area (Å²) in [6.45, 7) is 3.24. The number of benzene rings is 3. The minimum absolute atomic E-state index is 0.00334. The van der Waals surface area contributed by atoms with E-state index in [0.29, 0.717) is 19.0 Å². The van der Waals surface area contributed by atoms with Gasteiger partial charge in [0.05, 0.1) is 23.7 Å². The topological polar surface area (TPSA) is 81.3 Å². The summed E-state index contributed by atoms with van der Waals surface area (Å²) in [5.74, 6) is 0.452. The first-order valence-electron chi connectivity index (χ1n) is 13.6. The van der Waals surface area contributed by atoms with Crippen molar-refractivity contribution in [2.75, 3.05) is 38.0 Å². The van der Waals surface area contributed by atoms with E-state index >= 15 is 0 Å². The molecule has 0 spiro atoms. The molecule has 0 aliphatic carbocycles. The van der Waals surface area contributed by atoms with E-state index in [1.165, 1.54) is 5.56 Å². The maximum Gasteiger partial charge on any atom is 0.236 e. The van der Waals surface area contributed by atoms with Crippen LogP contribution in [0.15, 0.2) is 72.8 Å². The molecule has 39 heavy (non-hydrogen) atoms. The standard InChI is InChI=1S/C31H32ClN5O2/c32-25-8-4-7-23(17-25)21-12-15-37(16-13-21)29(38)20-36-14-11-24(19-36)31(39)33-26-9-10-28-27(18-26)30(35-34-28)22-5-2-1-3-6-22/h1-10,17-18,21,24H,11-16,19-20H2,(H,33,39)(H,34,35)/t24-/m1/s1. The summed E-state index contributed by atoms with van der Waals surface area (Å²) in [7, 11) is 0. The molecule has 7 nitrogen and oxygen atoms in total. The normalized spacial score (nSPS) is 18.5. The SMILES string of the molecule is O=C(Nc1ccc2[nH]nc(-c3ccccc3)c2c1)[C@@H]1CCN(CC(=O)N2CCC(c3cccc(Cl)c3)CC2)C1. The van der Waals surface area contributed by atoms with Crippen LogP contribution >= 0.6 is 11.6 Å². The van der Waals surface area contributed by atoms with Crippen molar-refractivity contribution in [3.63, 3.8) is 0 Å². The third kappa shape index (κ3) is 5.70. The second-order valence-electron chi connectivity index (χ2n) is 10.6. The van der Waals surface area contributed by atoms with Gasteiger partial charge in [-0.1, -0.05) is 54.1 Å². The van der Waals surface area contributed by atoms with E-state index in [-0.39, 0.29) is 17.7 Å². The average molecular weight is 542 g/mol. The van der Waals surface area contributed by atoms with E-state index in [1.807, 2.05) is 71.6 Å². The van der Waals surface area contributed by atoms with Gasteiger partial charge < -0.3 is 10.2 Å². The third-order valence-electron chi connectivity index (χ3n) is 8.05. The summed E-state index contributed by atoms with van der Waals surface area (Å²) in [5, 5.41) is 12.4. The first kappa shape index (κ1) is 25.6. The van der Waals surface area contributed by atoms with Crippen LogP contribution in [0.1, 0.15) is 30.7 Å². The van der Waals surface area contributed by atoms with Gasteiger partial charge in [-0.2, -0.15) is 5.10 Å². The highest BCUT2D eigenvalue weighted by Gasteiger charge is 2.31. The van der Waals surface area contributed by atoms with E-state index in [2.05, 4.69) is 26.5 Å². The van der Waals surface area contributed by atoms with E-state index in [9.17, 15) is 9.59 Å².